The van der Waals surface area contributed by atoms with Gasteiger partial charge in [0.25, 0.3) is 11.3 Å². The summed E-state index contributed by atoms with van der Waals surface area (Å²) in [5.74, 6) is 0. The third-order valence-electron chi connectivity index (χ3n) is 1.85. The largest absolute Gasteiger partial charge is 0.289 e. The Balaban J connectivity index is 2.46. The molecule has 2 aromatic rings. The van der Waals surface area contributed by atoms with E-state index >= 15 is 0 Å². The van der Waals surface area contributed by atoms with Crippen LogP contribution in [0.5, 0.6) is 0 Å². The molecular weight excluding hydrogens is 200 g/mol. The molecule has 4 nitrogen and oxygen atoms in total. The normalized spacial score (nSPS) is 12.6. The van der Waals surface area contributed by atoms with Crippen LogP contribution in [0.1, 0.15) is 0 Å². The molecule has 1 unspecified atom stereocenters. The van der Waals surface area contributed by atoms with E-state index in [9.17, 15) is 4.21 Å². The van der Waals surface area contributed by atoms with Crippen LogP contribution in [0, 0.1) is 0 Å². The number of benzene rings is 1. The highest BCUT2D eigenvalue weighted by atomic mass is 32.2. The molecule has 0 amide bonds. The molecule has 0 aliphatic carbocycles. The molecule has 0 radical (unpaired) electrons. The van der Waals surface area contributed by atoms with Crippen molar-refractivity contribution in [1.29, 1.82) is 0 Å². The monoisotopic (exact) mass is 208 g/mol. The van der Waals surface area contributed by atoms with Crippen molar-refractivity contribution < 1.29 is 8.76 Å². The lowest BCUT2D eigenvalue weighted by atomic mass is 10.2. The number of nitrogens with zero attached hydrogens (tertiary/aromatic N) is 1. The molecule has 14 heavy (non-hydrogen) atoms. The number of hydrogen-bond acceptors (Lipinski definition) is 2. The average molecular weight is 208 g/mol. The van der Waals surface area contributed by atoms with E-state index in [1.165, 1.54) is 0 Å². The summed E-state index contributed by atoms with van der Waals surface area (Å²) in [7, 11) is 0. The molecule has 2 rings (SSSR count). The number of hydrogen-bond donors (Lipinski definition) is 2. The van der Waals surface area contributed by atoms with Crippen molar-refractivity contribution in [3.63, 3.8) is 0 Å². The van der Waals surface area contributed by atoms with Gasteiger partial charge in [-0.2, -0.15) is 0 Å². The predicted octanol–water partition coefficient (Wildman–Crippen LogP) is 1.78. The van der Waals surface area contributed by atoms with E-state index in [-0.39, 0.29) is 0 Å². The van der Waals surface area contributed by atoms with Gasteiger partial charge in [-0.1, -0.05) is 6.07 Å². The molecular formula is C9H8N2O2S. The number of rotatable bonds is 2. The van der Waals surface area contributed by atoms with Gasteiger partial charge in [-0.3, -0.25) is 14.3 Å². The lowest BCUT2D eigenvalue weighted by molar-refractivity contribution is 0.570. The van der Waals surface area contributed by atoms with E-state index < -0.39 is 11.3 Å². The molecule has 0 saturated carbocycles. The number of fused-ring (bicyclic) bond motifs is 1. The van der Waals surface area contributed by atoms with Crippen LogP contribution in [0.15, 0.2) is 36.7 Å². The molecule has 2 N–H and O–H groups in total. The van der Waals surface area contributed by atoms with Gasteiger partial charge in [0.15, 0.2) is 0 Å². The Morgan fingerprint density at radius 1 is 1.29 bits per heavy atom. The van der Waals surface area contributed by atoms with Gasteiger partial charge in [0, 0.05) is 23.5 Å². The van der Waals surface area contributed by atoms with E-state index in [0.29, 0.717) is 5.69 Å². The summed E-state index contributed by atoms with van der Waals surface area (Å²) in [6, 6.07) is 7.22. The zero-order valence-electron chi connectivity index (χ0n) is 7.18. The van der Waals surface area contributed by atoms with Crippen LogP contribution in [-0.4, -0.2) is 13.7 Å². The van der Waals surface area contributed by atoms with Crippen molar-refractivity contribution in [3.05, 3.63) is 36.7 Å². The zero-order chi connectivity index (χ0) is 9.97. The minimum Gasteiger partial charge on any atom is -0.289 e. The molecule has 1 atom stereocenters. The summed E-state index contributed by atoms with van der Waals surface area (Å²) in [6.45, 7) is 0. The maximum absolute atomic E-state index is 10.5. The molecule has 0 aliphatic rings. The second-order valence-corrected chi connectivity index (χ2v) is 3.49. The van der Waals surface area contributed by atoms with Gasteiger partial charge in [-0.15, -0.1) is 0 Å². The molecule has 0 fully saturated rings. The van der Waals surface area contributed by atoms with Crippen LogP contribution in [0.4, 0.5) is 5.69 Å². The SMILES string of the molecule is O=S(O)Nc1ccc2cnccc2c1. The number of anilines is 1. The topological polar surface area (TPSA) is 62.2 Å². The fraction of sp³-hybridized carbons (Fsp3) is 0. The van der Waals surface area contributed by atoms with Crippen LogP contribution in [0.3, 0.4) is 0 Å². The maximum Gasteiger partial charge on any atom is 0.259 e. The van der Waals surface area contributed by atoms with E-state index in [1.807, 2.05) is 12.1 Å². The Kier molecular flexibility index (Phi) is 2.43. The smallest absolute Gasteiger partial charge is 0.259 e. The zero-order valence-corrected chi connectivity index (χ0v) is 7.99. The van der Waals surface area contributed by atoms with Crippen molar-refractivity contribution in [3.8, 4) is 0 Å². The second kappa shape index (κ2) is 3.73. The second-order valence-electron chi connectivity index (χ2n) is 2.79. The standard InChI is InChI=1S/C9H8N2O2S/c12-14(13)11-9-2-1-8-6-10-4-3-7(8)5-9/h1-6,11H,(H,12,13). The van der Waals surface area contributed by atoms with Gasteiger partial charge in [0.1, 0.15) is 0 Å². The molecule has 1 aromatic heterocycles. The van der Waals surface area contributed by atoms with E-state index in [1.54, 1.807) is 24.5 Å². The summed E-state index contributed by atoms with van der Waals surface area (Å²) in [5, 5.41) is 1.98. The summed E-state index contributed by atoms with van der Waals surface area (Å²) in [6.07, 6.45) is 3.43. The van der Waals surface area contributed by atoms with E-state index in [0.717, 1.165) is 10.8 Å². The molecule has 1 aromatic carbocycles. The number of nitrogens with one attached hydrogen (secondary N) is 1. The first-order valence-electron chi connectivity index (χ1n) is 3.97. The summed E-state index contributed by atoms with van der Waals surface area (Å²) in [5.41, 5.74) is 0.615. The van der Waals surface area contributed by atoms with Crippen LogP contribution in [0.2, 0.25) is 0 Å². The highest BCUT2D eigenvalue weighted by Crippen LogP contribution is 2.17. The molecule has 0 bridgehead atoms. The lowest BCUT2D eigenvalue weighted by Crippen LogP contribution is -2.01. The van der Waals surface area contributed by atoms with Gasteiger partial charge in [0.05, 0.1) is 0 Å². The highest BCUT2D eigenvalue weighted by Gasteiger charge is 1.97. The van der Waals surface area contributed by atoms with Gasteiger partial charge >= 0.3 is 0 Å². The predicted molar refractivity (Wildman–Crippen MR) is 56.1 cm³/mol. The van der Waals surface area contributed by atoms with Crippen LogP contribution >= 0.6 is 0 Å². The quantitative estimate of drug-likeness (QED) is 0.739. The number of aromatic nitrogens is 1. The summed E-state index contributed by atoms with van der Waals surface area (Å²) < 4.78 is 21.5. The van der Waals surface area contributed by atoms with Gasteiger partial charge in [0.2, 0.25) is 0 Å². The minimum atomic E-state index is -2.03. The molecule has 0 aliphatic heterocycles. The lowest BCUT2D eigenvalue weighted by Gasteiger charge is -2.02. The first-order valence-corrected chi connectivity index (χ1v) is 5.08. The Morgan fingerprint density at radius 2 is 2.14 bits per heavy atom. The number of pyridine rings is 1. The third kappa shape index (κ3) is 1.89. The Bertz CT molecular complexity index is 487. The van der Waals surface area contributed by atoms with Crippen molar-refractivity contribution in [2.45, 2.75) is 0 Å². The average Bonchev–Trinajstić information content (AvgIpc) is 2.17. The van der Waals surface area contributed by atoms with Gasteiger partial charge < -0.3 is 0 Å². The summed E-state index contributed by atoms with van der Waals surface area (Å²) in [4.78, 5) is 3.97. The molecule has 1 heterocycles. The van der Waals surface area contributed by atoms with Crippen LogP contribution in [-0.2, 0) is 11.3 Å². The molecule has 0 spiro atoms. The Morgan fingerprint density at radius 3 is 2.93 bits per heavy atom. The van der Waals surface area contributed by atoms with Crippen LogP contribution < -0.4 is 4.72 Å². The minimum absolute atomic E-state index is 0.615. The first kappa shape index (κ1) is 9.11. The van der Waals surface area contributed by atoms with Crippen molar-refractivity contribution >= 4 is 27.7 Å². The first-order chi connectivity index (χ1) is 6.75. The van der Waals surface area contributed by atoms with Crippen molar-refractivity contribution in [1.82, 2.24) is 4.98 Å². The highest BCUT2D eigenvalue weighted by molar-refractivity contribution is 7.80. The van der Waals surface area contributed by atoms with Gasteiger partial charge in [-0.05, 0) is 23.6 Å². The summed E-state index contributed by atoms with van der Waals surface area (Å²) >= 11 is -2.03. The maximum atomic E-state index is 10.5. The third-order valence-corrected chi connectivity index (χ3v) is 2.26. The molecule has 72 valence electrons. The Hall–Kier alpha value is -1.46. The Labute approximate surface area is 83.4 Å². The van der Waals surface area contributed by atoms with E-state index in [4.69, 9.17) is 4.55 Å². The van der Waals surface area contributed by atoms with Gasteiger partial charge in [-0.25, -0.2) is 4.21 Å². The van der Waals surface area contributed by atoms with Crippen molar-refractivity contribution in [2.75, 3.05) is 4.72 Å². The van der Waals surface area contributed by atoms with Crippen LogP contribution in [0.25, 0.3) is 10.8 Å². The fourth-order valence-electron chi connectivity index (χ4n) is 1.25. The molecule has 5 heteroatoms. The van der Waals surface area contributed by atoms with Crippen molar-refractivity contribution in [2.24, 2.45) is 0 Å². The molecule has 0 saturated heterocycles. The van der Waals surface area contributed by atoms with E-state index in [2.05, 4.69) is 9.71 Å². The fourth-order valence-corrected chi connectivity index (χ4v) is 1.58.